The minimum Gasteiger partial charge on any atom is -1.00 e. The van der Waals surface area contributed by atoms with Crippen LogP contribution in [-0.4, -0.2) is 33.2 Å². The molecule has 0 fully saturated rings. The molecule has 0 aliphatic heterocycles. The van der Waals surface area contributed by atoms with Gasteiger partial charge < -0.3 is 18.1 Å². The molecule has 0 radical (unpaired) electrons. The molecular weight excluding hydrogens is 160 g/mol. The minimum atomic E-state index is -1.98. The first kappa shape index (κ1) is 12.7. The molecule has 0 saturated carbocycles. The second-order valence-corrected chi connectivity index (χ2v) is 2.18. The van der Waals surface area contributed by atoms with Crippen LogP contribution in [0.15, 0.2) is 0 Å². The van der Waals surface area contributed by atoms with Crippen molar-refractivity contribution in [3.8, 4) is 0 Å². The summed E-state index contributed by atoms with van der Waals surface area (Å²) in [4.78, 5) is -1.98. The molecule has 0 aliphatic rings. The van der Waals surface area contributed by atoms with Crippen molar-refractivity contribution in [2.45, 2.75) is 19.4 Å². The molecule has 0 bridgehead atoms. The smallest absolute Gasteiger partial charge is 0.179 e. The van der Waals surface area contributed by atoms with E-state index in [9.17, 15) is 0 Å². The van der Waals surface area contributed by atoms with Crippen molar-refractivity contribution in [3.63, 3.8) is 0 Å². The normalized spacial score (nSPS) is 14.1. The molecule has 0 saturated heterocycles. The largest absolute Gasteiger partial charge is 1.00 e. The van der Waals surface area contributed by atoms with Crippen molar-refractivity contribution in [2.24, 2.45) is 5.73 Å². The van der Waals surface area contributed by atoms with Crippen molar-refractivity contribution >= 4 is 0 Å². The van der Waals surface area contributed by atoms with Gasteiger partial charge in [0.15, 0.2) is 6.54 Å². The molecule has 10 heavy (non-hydrogen) atoms. The Labute approximate surface area is 65.5 Å². The highest BCUT2D eigenvalue weighted by Crippen LogP contribution is 1.93. The van der Waals surface area contributed by atoms with Gasteiger partial charge in [-0.2, -0.15) is 0 Å². The van der Waals surface area contributed by atoms with E-state index in [4.69, 9.17) is 21.4 Å². The molecule has 5 nitrogen and oxygen atoms in total. The SMILES string of the molecule is CC(N)CC[N+](O)(O)O.[Cl-]. The lowest BCUT2D eigenvalue weighted by atomic mass is 10.2. The van der Waals surface area contributed by atoms with E-state index in [0.717, 1.165) is 0 Å². The molecule has 1 atom stereocenters. The van der Waals surface area contributed by atoms with Gasteiger partial charge in [-0.05, 0) is 6.92 Å². The molecule has 64 valence electrons. The predicted octanol–water partition coefficient (Wildman–Crippen LogP) is -3.29. The fraction of sp³-hybridized carbons (Fsp3) is 1.00. The highest BCUT2D eigenvalue weighted by Gasteiger charge is 2.17. The molecule has 0 aromatic rings. The van der Waals surface area contributed by atoms with Gasteiger partial charge in [0, 0.05) is 12.5 Å². The second kappa shape index (κ2) is 4.84. The molecule has 0 spiro atoms. The Kier molecular flexibility index (Phi) is 6.16. The van der Waals surface area contributed by atoms with E-state index in [-0.39, 0.29) is 25.0 Å². The Morgan fingerprint density at radius 3 is 1.90 bits per heavy atom. The van der Waals surface area contributed by atoms with Gasteiger partial charge in [0.1, 0.15) is 0 Å². The molecule has 0 aromatic heterocycles. The zero-order valence-corrected chi connectivity index (χ0v) is 6.49. The van der Waals surface area contributed by atoms with E-state index >= 15 is 0 Å². The predicted molar refractivity (Wildman–Crippen MR) is 28.8 cm³/mol. The molecular formula is C4H13ClN2O3. The zero-order chi connectivity index (χ0) is 7.49. The molecule has 6 heteroatoms. The fourth-order valence-electron chi connectivity index (χ4n) is 0.377. The van der Waals surface area contributed by atoms with Crippen LogP contribution in [-0.2, 0) is 0 Å². The van der Waals surface area contributed by atoms with E-state index in [1.54, 1.807) is 6.92 Å². The molecule has 0 heterocycles. The molecule has 0 aliphatic carbocycles. The van der Waals surface area contributed by atoms with Crippen LogP contribution in [0.25, 0.3) is 0 Å². The topological polar surface area (TPSA) is 86.7 Å². The number of nitrogens with two attached hydrogens (primary N) is 1. The number of nitrogens with zero attached hydrogens (tertiary/aromatic N) is 1. The first-order chi connectivity index (χ1) is 3.92. The van der Waals surface area contributed by atoms with Crippen molar-refractivity contribution in [2.75, 3.05) is 6.54 Å². The first-order valence-electron chi connectivity index (χ1n) is 2.74. The van der Waals surface area contributed by atoms with Crippen molar-refractivity contribution in [1.29, 1.82) is 0 Å². The van der Waals surface area contributed by atoms with Crippen LogP contribution in [0.2, 0.25) is 0 Å². The highest BCUT2D eigenvalue weighted by atomic mass is 35.5. The molecule has 0 amide bonds. The Morgan fingerprint density at radius 2 is 1.80 bits per heavy atom. The summed E-state index contributed by atoms with van der Waals surface area (Å²) in [6, 6.07) is -0.131. The quantitative estimate of drug-likeness (QED) is 0.266. The van der Waals surface area contributed by atoms with Crippen LogP contribution in [0.4, 0.5) is 0 Å². The molecule has 0 rings (SSSR count). The highest BCUT2D eigenvalue weighted by molar-refractivity contribution is 4.48. The summed E-state index contributed by atoms with van der Waals surface area (Å²) in [7, 11) is 0. The van der Waals surface area contributed by atoms with Crippen molar-refractivity contribution < 1.29 is 33.0 Å². The van der Waals surface area contributed by atoms with Crippen molar-refractivity contribution in [3.05, 3.63) is 0 Å². The van der Waals surface area contributed by atoms with Crippen LogP contribution < -0.4 is 18.1 Å². The van der Waals surface area contributed by atoms with E-state index in [2.05, 4.69) is 0 Å². The number of rotatable bonds is 3. The maximum atomic E-state index is 8.26. The molecule has 5 N–H and O–H groups in total. The first-order valence-corrected chi connectivity index (χ1v) is 2.74. The Balaban J connectivity index is 0. The van der Waals surface area contributed by atoms with Crippen LogP contribution in [0.5, 0.6) is 0 Å². The number of quaternary nitrogens is 1. The molecule has 0 aromatic carbocycles. The lowest BCUT2D eigenvalue weighted by Gasteiger charge is -2.12. The average molecular weight is 173 g/mol. The van der Waals surface area contributed by atoms with E-state index in [1.807, 2.05) is 0 Å². The Morgan fingerprint density at radius 1 is 1.40 bits per heavy atom. The van der Waals surface area contributed by atoms with E-state index < -0.39 is 4.97 Å². The third-order valence-electron chi connectivity index (χ3n) is 0.884. The Hall–Kier alpha value is 0.0900. The van der Waals surface area contributed by atoms with Gasteiger partial charge in [-0.1, -0.05) is 0 Å². The number of hydrogen-bond donors (Lipinski definition) is 4. The van der Waals surface area contributed by atoms with Gasteiger partial charge in [0.05, 0.1) is 4.97 Å². The van der Waals surface area contributed by atoms with Crippen LogP contribution in [0.1, 0.15) is 13.3 Å². The summed E-state index contributed by atoms with van der Waals surface area (Å²) in [6.07, 6.45) is 0.365. The minimum absolute atomic E-state index is 0. The van der Waals surface area contributed by atoms with Crippen LogP contribution in [0.3, 0.4) is 0 Å². The van der Waals surface area contributed by atoms with Crippen LogP contribution >= 0.6 is 0 Å². The number of hydroxylamine groups is 3. The summed E-state index contributed by atoms with van der Waals surface area (Å²) in [5, 5.41) is 24.8. The van der Waals surface area contributed by atoms with Gasteiger partial charge in [-0.25, -0.2) is 0 Å². The lowest BCUT2D eigenvalue weighted by molar-refractivity contribution is -1.37. The standard InChI is InChI=1S/C4H13N2O3.ClH/c1-4(5)2-3-6(7,8)9;/h4,7-9H,2-3,5H2,1H3;1H/q+1;/p-1. The third kappa shape index (κ3) is 11.0. The van der Waals surface area contributed by atoms with Gasteiger partial charge >= 0.3 is 0 Å². The van der Waals surface area contributed by atoms with Gasteiger partial charge in [-0.15, -0.1) is 15.6 Å². The second-order valence-electron chi connectivity index (χ2n) is 2.18. The van der Waals surface area contributed by atoms with E-state index in [0.29, 0.717) is 6.42 Å². The zero-order valence-electron chi connectivity index (χ0n) is 5.74. The van der Waals surface area contributed by atoms with E-state index in [1.165, 1.54) is 0 Å². The average Bonchev–Trinajstić information content (AvgIpc) is 1.59. The van der Waals surface area contributed by atoms with Gasteiger partial charge in [0.25, 0.3) is 0 Å². The summed E-state index contributed by atoms with van der Waals surface area (Å²) < 4.78 is 0. The maximum Gasteiger partial charge on any atom is 0.179 e. The van der Waals surface area contributed by atoms with Crippen molar-refractivity contribution in [1.82, 2.24) is 0 Å². The summed E-state index contributed by atoms with van der Waals surface area (Å²) in [6.45, 7) is 1.55. The molecule has 1 unspecified atom stereocenters. The summed E-state index contributed by atoms with van der Waals surface area (Å²) in [5.74, 6) is 0. The third-order valence-corrected chi connectivity index (χ3v) is 0.884. The van der Waals surface area contributed by atoms with Gasteiger partial charge in [0.2, 0.25) is 0 Å². The summed E-state index contributed by atoms with van der Waals surface area (Å²) >= 11 is 0. The monoisotopic (exact) mass is 172 g/mol. The summed E-state index contributed by atoms with van der Waals surface area (Å²) in [5.41, 5.74) is 5.26. The Bertz CT molecular complexity index is 83.1. The number of hydrogen-bond acceptors (Lipinski definition) is 4. The lowest BCUT2D eigenvalue weighted by Crippen LogP contribution is -3.00. The number of halogens is 1. The fourth-order valence-corrected chi connectivity index (χ4v) is 0.377. The maximum absolute atomic E-state index is 8.26. The van der Waals surface area contributed by atoms with Gasteiger partial charge in [-0.3, -0.25) is 0 Å². The van der Waals surface area contributed by atoms with Crippen LogP contribution in [0, 0.1) is 0 Å².